The highest BCUT2D eigenvalue weighted by atomic mass is 16.6. The molecule has 0 amide bonds. The Morgan fingerprint density at radius 2 is 0.554 bits per heavy atom. The van der Waals surface area contributed by atoms with Crippen LogP contribution in [0.3, 0.4) is 0 Å². The van der Waals surface area contributed by atoms with Crippen LogP contribution in [0.4, 0.5) is 0 Å². The van der Waals surface area contributed by atoms with E-state index in [9.17, 15) is 14.4 Å². The number of hydrogen-bond acceptors (Lipinski definition) is 6. The van der Waals surface area contributed by atoms with Crippen LogP contribution in [0.1, 0.15) is 303 Å². The van der Waals surface area contributed by atoms with E-state index in [1.807, 2.05) is 0 Å². The quantitative estimate of drug-likeness (QED) is 0.0262. The lowest BCUT2D eigenvalue weighted by Gasteiger charge is -2.18. The average molecular weight is 914 g/mol. The second-order valence-corrected chi connectivity index (χ2v) is 19.2. The SMILES string of the molecule is CCCCC/C=C\C/C=C\C/C=C\CCCCCCC(=O)O[C@H](COC(=O)CCCCCCCCCCCCCC)COC(=O)CCCCCCCCCCCCCCCCCCCC. The molecule has 0 aliphatic rings. The fraction of sp³-hybridized carbons (Fsp3) is 0.847. The Kier molecular flexibility index (Phi) is 52.3. The molecule has 0 fully saturated rings. The zero-order valence-corrected chi connectivity index (χ0v) is 43.5. The maximum atomic E-state index is 12.8. The lowest BCUT2D eigenvalue weighted by molar-refractivity contribution is -0.167. The van der Waals surface area contributed by atoms with Gasteiger partial charge in [0.1, 0.15) is 13.2 Å². The van der Waals surface area contributed by atoms with Crippen molar-refractivity contribution in [3.05, 3.63) is 36.5 Å². The zero-order chi connectivity index (χ0) is 47.2. The summed E-state index contributed by atoms with van der Waals surface area (Å²) in [6.07, 6.45) is 64.2. The van der Waals surface area contributed by atoms with Gasteiger partial charge in [0.05, 0.1) is 0 Å². The highest BCUT2D eigenvalue weighted by molar-refractivity contribution is 5.71. The van der Waals surface area contributed by atoms with Crippen LogP contribution in [0.25, 0.3) is 0 Å². The summed E-state index contributed by atoms with van der Waals surface area (Å²) >= 11 is 0. The first kappa shape index (κ1) is 62.6. The molecule has 0 saturated carbocycles. The Balaban J connectivity index is 4.35. The van der Waals surface area contributed by atoms with Gasteiger partial charge in [-0.3, -0.25) is 14.4 Å². The molecule has 0 radical (unpaired) electrons. The van der Waals surface area contributed by atoms with Gasteiger partial charge < -0.3 is 14.2 Å². The number of ether oxygens (including phenoxy) is 3. The third kappa shape index (κ3) is 52.5. The largest absolute Gasteiger partial charge is 0.462 e. The van der Waals surface area contributed by atoms with Crippen LogP contribution >= 0.6 is 0 Å². The molecule has 0 bridgehead atoms. The van der Waals surface area contributed by atoms with E-state index in [4.69, 9.17) is 14.2 Å². The van der Waals surface area contributed by atoms with E-state index in [0.29, 0.717) is 19.3 Å². The van der Waals surface area contributed by atoms with Crippen molar-refractivity contribution in [2.45, 2.75) is 309 Å². The minimum Gasteiger partial charge on any atom is -0.462 e. The molecular weight excluding hydrogens is 805 g/mol. The van der Waals surface area contributed by atoms with E-state index >= 15 is 0 Å². The summed E-state index contributed by atoms with van der Waals surface area (Å²) in [5.41, 5.74) is 0. The maximum absolute atomic E-state index is 12.8. The van der Waals surface area contributed by atoms with Crippen molar-refractivity contribution in [1.29, 1.82) is 0 Å². The molecule has 6 heteroatoms. The standard InChI is InChI=1S/C59H108O6/c1-4-7-10-13-16-19-22-25-27-29-31-32-34-37-40-43-46-49-52-58(61)64-55-56(54-63-57(60)51-48-45-42-39-36-24-21-18-15-12-9-6-3)65-59(62)53-50-47-44-41-38-35-33-30-28-26-23-20-17-14-11-8-5-2/h17,20,26,28,33,35,56H,4-16,18-19,21-25,27,29-32,34,36-55H2,1-3H3/b20-17-,28-26-,35-33-/t56-/m1/s1. The highest BCUT2D eigenvalue weighted by Gasteiger charge is 2.19. The predicted molar refractivity (Wildman–Crippen MR) is 279 cm³/mol. The van der Waals surface area contributed by atoms with Crippen molar-refractivity contribution >= 4 is 17.9 Å². The summed E-state index contributed by atoms with van der Waals surface area (Å²) in [5, 5.41) is 0. The predicted octanol–water partition coefficient (Wildman–Crippen LogP) is 18.9. The highest BCUT2D eigenvalue weighted by Crippen LogP contribution is 2.17. The van der Waals surface area contributed by atoms with Gasteiger partial charge in [-0.1, -0.05) is 263 Å². The van der Waals surface area contributed by atoms with E-state index in [1.54, 1.807) is 0 Å². The van der Waals surface area contributed by atoms with Crippen LogP contribution in [0.2, 0.25) is 0 Å². The summed E-state index contributed by atoms with van der Waals surface area (Å²) < 4.78 is 16.8. The first-order valence-electron chi connectivity index (χ1n) is 28.5. The number of rotatable bonds is 52. The van der Waals surface area contributed by atoms with Crippen molar-refractivity contribution in [2.75, 3.05) is 13.2 Å². The Morgan fingerprint density at radius 1 is 0.308 bits per heavy atom. The molecule has 0 aromatic rings. The summed E-state index contributed by atoms with van der Waals surface area (Å²) in [4.78, 5) is 38.1. The molecule has 65 heavy (non-hydrogen) atoms. The third-order valence-corrected chi connectivity index (χ3v) is 12.6. The second kappa shape index (κ2) is 54.2. The molecule has 6 nitrogen and oxygen atoms in total. The molecule has 0 rings (SSSR count). The van der Waals surface area contributed by atoms with E-state index in [0.717, 1.165) is 83.5 Å². The molecule has 0 aliphatic carbocycles. The van der Waals surface area contributed by atoms with Crippen molar-refractivity contribution in [3.63, 3.8) is 0 Å². The van der Waals surface area contributed by atoms with Gasteiger partial charge in [-0.15, -0.1) is 0 Å². The van der Waals surface area contributed by atoms with Gasteiger partial charge >= 0.3 is 17.9 Å². The number of carbonyl (C=O) groups excluding carboxylic acids is 3. The smallest absolute Gasteiger partial charge is 0.306 e. The minimum atomic E-state index is -0.779. The van der Waals surface area contributed by atoms with Crippen LogP contribution in [-0.4, -0.2) is 37.2 Å². The van der Waals surface area contributed by atoms with Crippen LogP contribution in [0.15, 0.2) is 36.5 Å². The molecule has 0 aromatic carbocycles. The van der Waals surface area contributed by atoms with Crippen LogP contribution in [-0.2, 0) is 28.6 Å². The lowest BCUT2D eigenvalue weighted by Crippen LogP contribution is -2.30. The molecule has 0 spiro atoms. The van der Waals surface area contributed by atoms with E-state index in [-0.39, 0.29) is 31.1 Å². The summed E-state index contributed by atoms with van der Waals surface area (Å²) in [7, 11) is 0. The monoisotopic (exact) mass is 913 g/mol. The Labute approximate surface area is 404 Å². The van der Waals surface area contributed by atoms with Gasteiger partial charge in [0.2, 0.25) is 0 Å². The fourth-order valence-corrected chi connectivity index (χ4v) is 8.33. The van der Waals surface area contributed by atoms with Gasteiger partial charge in [0, 0.05) is 19.3 Å². The topological polar surface area (TPSA) is 78.9 Å². The number of allylic oxidation sites excluding steroid dienone is 6. The van der Waals surface area contributed by atoms with Crippen molar-refractivity contribution in [3.8, 4) is 0 Å². The molecular formula is C59H108O6. The Morgan fingerprint density at radius 3 is 0.892 bits per heavy atom. The molecule has 0 saturated heterocycles. The number of unbranched alkanes of at least 4 members (excludes halogenated alkanes) is 35. The molecule has 0 aromatic heterocycles. The fourth-order valence-electron chi connectivity index (χ4n) is 8.33. The van der Waals surface area contributed by atoms with Crippen molar-refractivity contribution in [1.82, 2.24) is 0 Å². The molecule has 0 unspecified atom stereocenters. The molecule has 1 atom stereocenters. The van der Waals surface area contributed by atoms with Gasteiger partial charge in [0.25, 0.3) is 0 Å². The van der Waals surface area contributed by atoms with Crippen molar-refractivity contribution in [2.24, 2.45) is 0 Å². The van der Waals surface area contributed by atoms with Gasteiger partial charge in [0.15, 0.2) is 6.10 Å². The summed E-state index contributed by atoms with van der Waals surface area (Å²) in [5.74, 6) is -0.881. The van der Waals surface area contributed by atoms with E-state index in [1.165, 1.54) is 180 Å². The lowest BCUT2D eigenvalue weighted by atomic mass is 10.0. The summed E-state index contributed by atoms with van der Waals surface area (Å²) in [6.45, 7) is 6.63. The first-order chi connectivity index (χ1) is 32.0. The molecule has 0 N–H and O–H groups in total. The molecule has 0 heterocycles. The normalized spacial score (nSPS) is 12.2. The molecule has 0 aliphatic heterocycles. The minimum absolute atomic E-state index is 0.0766. The third-order valence-electron chi connectivity index (χ3n) is 12.6. The van der Waals surface area contributed by atoms with Gasteiger partial charge in [-0.25, -0.2) is 0 Å². The Hall–Kier alpha value is -2.37. The Bertz CT molecular complexity index is 1090. The van der Waals surface area contributed by atoms with E-state index < -0.39 is 6.10 Å². The van der Waals surface area contributed by atoms with Crippen LogP contribution < -0.4 is 0 Å². The maximum Gasteiger partial charge on any atom is 0.306 e. The van der Waals surface area contributed by atoms with Crippen LogP contribution in [0.5, 0.6) is 0 Å². The first-order valence-corrected chi connectivity index (χ1v) is 28.5. The van der Waals surface area contributed by atoms with Crippen molar-refractivity contribution < 1.29 is 28.6 Å². The van der Waals surface area contributed by atoms with Gasteiger partial charge in [-0.05, 0) is 57.8 Å². The van der Waals surface area contributed by atoms with Gasteiger partial charge in [-0.2, -0.15) is 0 Å². The summed E-state index contributed by atoms with van der Waals surface area (Å²) in [6, 6.07) is 0. The molecule has 380 valence electrons. The van der Waals surface area contributed by atoms with Crippen LogP contribution in [0, 0.1) is 0 Å². The number of esters is 3. The second-order valence-electron chi connectivity index (χ2n) is 19.2. The van der Waals surface area contributed by atoms with E-state index in [2.05, 4.69) is 57.2 Å². The number of carbonyl (C=O) groups is 3. The average Bonchev–Trinajstić information content (AvgIpc) is 3.30. The zero-order valence-electron chi connectivity index (χ0n) is 43.5. The number of hydrogen-bond donors (Lipinski definition) is 0.